The van der Waals surface area contributed by atoms with Crippen molar-refractivity contribution in [2.24, 2.45) is 17.8 Å². The van der Waals surface area contributed by atoms with Crippen molar-refractivity contribution in [1.82, 2.24) is 15.1 Å². The highest BCUT2D eigenvalue weighted by Gasteiger charge is 2.43. The molecule has 190 valence electrons. The first-order chi connectivity index (χ1) is 16.8. The topological polar surface area (TPSA) is 59.5 Å². The van der Waals surface area contributed by atoms with Crippen molar-refractivity contribution in [1.29, 1.82) is 0 Å². The molecule has 1 aliphatic carbocycles. The van der Waals surface area contributed by atoms with Crippen molar-refractivity contribution in [3.8, 4) is 17.0 Å². The van der Waals surface area contributed by atoms with Gasteiger partial charge < -0.3 is 19.7 Å². The third-order valence-electron chi connectivity index (χ3n) is 7.57. The van der Waals surface area contributed by atoms with Gasteiger partial charge in [-0.05, 0) is 67.7 Å². The molecule has 1 aromatic carbocycles. The average Bonchev–Trinajstić information content (AvgIpc) is 3.37. The first-order valence-electron chi connectivity index (χ1n) is 12.2. The van der Waals surface area contributed by atoms with Crippen molar-refractivity contribution in [3.63, 3.8) is 0 Å². The maximum atomic E-state index is 14.3. The van der Waals surface area contributed by atoms with Gasteiger partial charge in [-0.1, -0.05) is 0 Å². The molecule has 1 saturated carbocycles. The molecule has 35 heavy (non-hydrogen) atoms. The van der Waals surface area contributed by atoms with Gasteiger partial charge in [-0.2, -0.15) is 13.2 Å². The fourth-order valence-corrected chi connectivity index (χ4v) is 5.83. The fraction of sp³-hybridized carbons (Fsp3) is 0.600. The van der Waals surface area contributed by atoms with E-state index in [9.17, 15) is 17.6 Å². The van der Waals surface area contributed by atoms with Gasteiger partial charge >= 0.3 is 6.18 Å². The van der Waals surface area contributed by atoms with Gasteiger partial charge in [0, 0.05) is 44.5 Å². The highest BCUT2D eigenvalue weighted by Crippen LogP contribution is 2.42. The lowest BCUT2D eigenvalue weighted by Crippen LogP contribution is -2.32. The molecule has 0 unspecified atom stereocenters. The summed E-state index contributed by atoms with van der Waals surface area (Å²) < 4.78 is 66.6. The van der Waals surface area contributed by atoms with Crippen LogP contribution in [0.5, 0.6) is 5.75 Å². The van der Waals surface area contributed by atoms with E-state index in [0.29, 0.717) is 23.5 Å². The first kappa shape index (κ1) is 24.2. The van der Waals surface area contributed by atoms with E-state index >= 15 is 0 Å². The molecule has 5 rings (SSSR count). The lowest BCUT2D eigenvalue weighted by Gasteiger charge is -2.28. The Hall–Kier alpha value is -2.46. The van der Waals surface area contributed by atoms with Crippen molar-refractivity contribution in [3.05, 3.63) is 35.6 Å². The minimum absolute atomic E-state index is 0.0890. The minimum atomic E-state index is -4.66. The number of methoxy groups -OCH3 is 1. The predicted octanol–water partition coefficient (Wildman–Crippen LogP) is 4.86. The Kier molecular flexibility index (Phi) is 6.85. The number of fused-ring (bicyclic) bond motifs is 1. The van der Waals surface area contributed by atoms with Gasteiger partial charge in [0.15, 0.2) is 5.82 Å². The van der Waals surface area contributed by atoms with E-state index in [1.807, 2.05) is 0 Å². The second kappa shape index (κ2) is 9.89. The van der Waals surface area contributed by atoms with Gasteiger partial charge in [0.2, 0.25) is 0 Å². The summed E-state index contributed by atoms with van der Waals surface area (Å²) in [5.74, 6) is 0.951. The normalized spacial score (nSPS) is 25.6. The molecular weight excluding hydrogens is 464 g/mol. The Morgan fingerprint density at radius 1 is 1.09 bits per heavy atom. The molecule has 3 atom stereocenters. The summed E-state index contributed by atoms with van der Waals surface area (Å²) >= 11 is 0. The number of anilines is 1. The standard InChI is InChI=1S/C25H30F4N4O2/c1-34-19-2-3-22(26)20(10-19)23-11-21(25(27,28)29)24(32-31-23)30-18-8-16-13-33(14-17(16)9-18)12-15-4-6-35-7-5-15/h2-3,10-11,15-18H,4-9,12-14H2,1H3,(H,30,32)/t16-,17+,18+. The Balaban J connectivity index is 1.27. The lowest BCUT2D eigenvalue weighted by molar-refractivity contribution is -0.137. The van der Waals surface area contributed by atoms with Gasteiger partial charge in [-0.15, -0.1) is 10.2 Å². The van der Waals surface area contributed by atoms with Gasteiger partial charge in [-0.25, -0.2) is 4.39 Å². The van der Waals surface area contributed by atoms with Crippen LogP contribution >= 0.6 is 0 Å². The number of alkyl halides is 3. The summed E-state index contributed by atoms with van der Waals surface area (Å²) in [6.45, 7) is 4.74. The van der Waals surface area contributed by atoms with Crippen LogP contribution in [0.1, 0.15) is 31.2 Å². The summed E-state index contributed by atoms with van der Waals surface area (Å²) in [5, 5.41) is 10.8. The molecule has 0 amide bonds. The SMILES string of the molecule is COc1ccc(F)c(-c2cc(C(F)(F)F)c(N[C@H]3C[C@@H]4CN(CC5CCOCC5)C[C@@H]4C3)nn2)c1. The number of rotatable bonds is 6. The van der Waals surface area contributed by atoms with Crippen molar-refractivity contribution in [2.45, 2.75) is 37.9 Å². The first-order valence-corrected chi connectivity index (χ1v) is 12.2. The summed E-state index contributed by atoms with van der Waals surface area (Å²) in [6, 6.07) is 4.62. The third kappa shape index (κ3) is 5.38. The van der Waals surface area contributed by atoms with Crippen LogP contribution in [-0.2, 0) is 10.9 Å². The number of hydrogen-bond donors (Lipinski definition) is 1. The van der Waals surface area contributed by atoms with E-state index < -0.39 is 17.6 Å². The summed E-state index contributed by atoms with van der Waals surface area (Å²) in [5.41, 5.74) is -1.22. The van der Waals surface area contributed by atoms with E-state index in [4.69, 9.17) is 9.47 Å². The smallest absolute Gasteiger partial charge is 0.420 e. The Morgan fingerprint density at radius 3 is 2.46 bits per heavy atom. The lowest BCUT2D eigenvalue weighted by atomic mass is 10.00. The molecule has 2 aromatic rings. The number of nitrogens with zero attached hydrogens (tertiary/aromatic N) is 3. The van der Waals surface area contributed by atoms with Crippen molar-refractivity contribution < 1.29 is 27.0 Å². The molecule has 0 radical (unpaired) electrons. The van der Waals surface area contributed by atoms with E-state index in [2.05, 4.69) is 20.4 Å². The number of ether oxygens (including phenoxy) is 2. The van der Waals surface area contributed by atoms with Gasteiger partial charge in [0.05, 0.1) is 12.8 Å². The molecule has 3 aliphatic rings. The summed E-state index contributed by atoms with van der Waals surface area (Å²) in [6.07, 6.45) is -0.840. The largest absolute Gasteiger partial charge is 0.497 e. The average molecular weight is 495 g/mol. The zero-order valence-electron chi connectivity index (χ0n) is 19.7. The second-order valence-corrected chi connectivity index (χ2v) is 9.94. The number of likely N-dealkylation sites (tertiary alicyclic amines) is 1. The van der Waals surface area contributed by atoms with Crippen LogP contribution in [0, 0.1) is 23.6 Å². The molecule has 6 nitrogen and oxygen atoms in total. The van der Waals surface area contributed by atoms with Crippen molar-refractivity contribution in [2.75, 3.05) is 45.3 Å². The van der Waals surface area contributed by atoms with Crippen LogP contribution in [0.15, 0.2) is 24.3 Å². The number of hydrogen-bond acceptors (Lipinski definition) is 6. The summed E-state index contributed by atoms with van der Waals surface area (Å²) in [4.78, 5) is 2.51. The van der Waals surface area contributed by atoms with Crippen molar-refractivity contribution >= 4 is 5.82 Å². The highest BCUT2D eigenvalue weighted by molar-refractivity contribution is 5.64. The van der Waals surface area contributed by atoms with E-state index in [-0.39, 0.29) is 23.1 Å². The Morgan fingerprint density at radius 2 is 1.80 bits per heavy atom. The Bertz CT molecular complexity index is 1030. The molecule has 1 N–H and O–H groups in total. The number of halogens is 4. The molecule has 3 fully saturated rings. The van der Waals surface area contributed by atoms with E-state index in [1.165, 1.54) is 19.2 Å². The number of aromatic nitrogens is 2. The fourth-order valence-electron chi connectivity index (χ4n) is 5.83. The minimum Gasteiger partial charge on any atom is -0.497 e. The molecule has 2 aliphatic heterocycles. The Labute approximate surface area is 202 Å². The van der Waals surface area contributed by atoms with Gasteiger partial charge in [0.1, 0.15) is 17.1 Å². The zero-order valence-corrected chi connectivity index (χ0v) is 19.7. The van der Waals surface area contributed by atoms with Crippen LogP contribution in [0.4, 0.5) is 23.4 Å². The molecule has 0 bridgehead atoms. The van der Waals surface area contributed by atoms with E-state index in [1.54, 1.807) is 0 Å². The molecule has 3 heterocycles. The van der Waals surface area contributed by atoms with Crippen LogP contribution in [-0.4, -0.2) is 61.1 Å². The number of nitrogens with one attached hydrogen (secondary N) is 1. The monoisotopic (exact) mass is 494 g/mol. The number of benzene rings is 1. The van der Waals surface area contributed by atoms with Crippen LogP contribution in [0.2, 0.25) is 0 Å². The maximum Gasteiger partial charge on any atom is 0.420 e. The second-order valence-electron chi connectivity index (χ2n) is 9.94. The predicted molar refractivity (Wildman–Crippen MR) is 123 cm³/mol. The van der Waals surface area contributed by atoms with Gasteiger partial charge in [-0.3, -0.25) is 0 Å². The molecule has 2 saturated heterocycles. The maximum absolute atomic E-state index is 14.3. The van der Waals surface area contributed by atoms with Crippen LogP contribution < -0.4 is 10.1 Å². The van der Waals surface area contributed by atoms with Crippen LogP contribution in [0.25, 0.3) is 11.3 Å². The molecular formula is C25H30F4N4O2. The van der Waals surface area contributed by atoms with Gasteiger partial charge in [0.25, 0.3) is 0 Å². The summed E-state index contributed by atoms with van der Waals surface area (Å²) in [7, 11) is 1.40. The molecule has 10 heteroatoms. The quantitative estimate of drug-likeness (QED) is 0.579. The third-order valence-corrected chi connectivity index (χ3v) is 7.57. The highest BCUT2D eigenvalue weighted by atomic mass is 19.4. The molecule has 1 aromatic heterocycles. The van der Waals surface area contributed by atoms with E-state index in [0.717, 1.165) is 70.7 Å². The zero-order chi connectivity index (χ0) is 24.6. The van der Waals surface area contributed by atoms with Crippen LogP contribution in [0.3, 0.4) is 0 Å². The molecule has 0 spiro atoms.